The summed E-state index contributed by atoms with van der Waals surface area (Å²) in [5.74, 6) is 1.83. The van der Waals surface area contributed by atoms with Crippen LogP contribution in [-0.4, -0.2) is 42.2 Å². The fourth-order valence-electron chi connectivity index (χ4n) is 3.63. The molecule has 0 radical (unpaired) electrons. The third-order valence-corrected chi connectivity index (χ3v) is 5.52. The van der Waals surface area contributed by atoms with E-state index in [-0.39, 0.29) is 17.9 Å². The zero-order valence-electron chi connectivity index (χ0n) is 18.9. The molecule has 0 atom stereocenters. The highest BCUT2D eigenvalue weighted by atomic mass is 16.5. The maximum Gasteiger partial charge on any atom is 0.255 e. The lowest BCUT2D eigenvalue weighted by Gasteiger charge is -2.27. The number of anilines is 2. The summed E-state index contributed by atoms with van der Waals surface area (Å²) >= 11 is 0. The molecular formula is C25H28N4O4. The van der Waals surface area contributed by atoms with Crippen LogP contribution < -0.4 is 20.5 Å². The summed E-state index contributed by atoms with van der Waals surface area (Å²) in [4.78, 5) is 34.4. The van der Waals surface area contributed by atoms with Gasteiger partial charge in [0.1, 0.15) is 11.5 Å². The largest absolute Gasteiger partial charge is 0.457 e. The molecule has 3 aromatic rings. The van der Waals surface area contributed by atoms with Crippen LogP contribution in [0.15, 0.2) is 53.3 Å². The molecule has 2 heterocycles. The Balaban J connectivity index is 1.31. The number of rotatable bonds is 7. The van der Waals surface area contributed by atoms with E-state index >= 15 is 0 Å². The average molecular weight is 449 g/mol. The Morgan fingerprint density at radius 1 is 1.06 bits per heavy atom. The molecule has 4 rings (SSSR count). The van der Waals surface area contributed by atoms with Crippen LogP contribution in [-0.2, 0) is 16.0 Å². The molecule has 1 aromatic heterocycles. The van der Waals surface area contributed by atoms with Crippen LogP contribution in [0.2, 0.25) is 0 Å². The minimum atomic E-state index is -0.200. The van der Waals surface area contributed by atoms with E-state index < -0.39 is 0 Å². The van der Waals surface area contributed by atoms with Gasteiger partial charge in [0.05, 0.1) is 13.2 Å². The van der Waals surface area contributed by atoms with Gasteiger partial charge in [0.2, 0.25) is 11.9 Å². The van der Waals surface area contributed by atoms with Gasteiger partial charge < -0.3 is 19.7 Å². The molecule has 0 aliphatic carbocycles. The predicted octanol–water partition coefficient (Wildman–Crippen LogP) is 3.59. The third-order valence-electron chi connectivity index (χ3n) is 5.52. The second-order valence-electron chi connectivity index (χ2n) is 8.04. The molecule has 172 valence electrons. The summed E-state index contributed by atoms with van der Waals surface area (Å²) in [5, 5.41) is 2.86. The van der Waals surface area contributed by atoms with Gasteiger partial charge in [-0.3, -0.25) is 14.6 Å². The van der Waals surface area contributed by atoms with Gasteiger partial charge in [-0.05, 0) is 56.7 Å². The minimum Gasteiger partial charge on any atom is -0.457 e. The van der Waals surface area contributed by atoms with Gasteiger partial charge >= 0.3 is 0 Å². The average Bonchev–Trinajstić information content (AvgIpc) is 2.82. The van der Waals surface area contributed by atoms with Gasteiger partial charge in [-0.2, -0.15) is 0 Å². The van der Waals surface area contributed by atoms with Crippen molar-refractivity contribution in [3.8, 4) is 11.5 Å². The summed E-state index contributed by atoms with van der Waals surface area (Å²) in [7, 11) is 0. The lowest BCUT2D eigenvalue weighted by molar-refractivity contribution is -0.116. The van der Waals surface area contributed by atoms with E-state index in [1.807, 2.05) is 36.1 Å². The molecule has 2 aromatic carbocycles. The standard InChI is InChI=1S/C25H28N4O4/c1-17-3-7-20(8-4-17)33-21-9-5-19(6-10-21)27-23(30)12-11-22-18(2)26-25(28-24(22)31)29-13-15-32-16-14-29/h3-10H,11-16H2,1-2H3,(H,27,30)(H,26,28,31). The Labute approximate surface area is 192 Å². The zero-order chi connectivity index (χ0) is 23.2. The van der Waals surface area contributed by atoms with Crippen LogP contribution in [0.5, 0.6) is 11.5 Å². The Hall–Kier alpha value is -3.65. The summed E-state index contributed by atoms with van der Waals surface area (Å²) in [6, 6.07) is 15.0. The molecule has 1 saturated heterocycles. The normalized spacial score (nSPS) is 13.6. The lowest BCUT2D eigenvalue weighted by atomic mass is 10.1. The number of ether oxygens (including phenoxy) is 2. The molecule has 1 amide bonds. The number of amides is 1. The van der Waals surface area contributed by atoms with Crippen LogP contribution in [0.25, 0.3) is 0 Å². The van der Waals surface area contributed by atoms with Crippen LogP contribution >= 0.6 is 0 Å². The van der Waals surface area contributed by atoms with E-state index in [0.717, 1.165) is 5.75 Å². The van der Waals surface area contributed by atoms with Gasteiger partial charge in [-0.1, -0.05) is 17.7 Å². The minimum absolute atomic E-state index is 0.168. The molecule has 33 heavy (non-hydrogen) atoms. The Morgan fingerprint density at radius 3 is 2.33 bits per heavy atom. The van der Waals surface area contributed by atoms with Gasteiger partial charge in [0.25, 0.3) is 5.56 Å². The van der Waals surface area contributed by atoms with E-state index in [4.69, 9.17) is 9.47 Å². The number of nitrogens with zero attached hydrogens (tertiary/aromatic N) is 2. The van der Waals surface area contributed by atoms with Gasteiger partial charge in [0, 0.05) is 36.5 Å². The van der Waals surface area contributed by atoms with E-state index in [1.165, 1.54) is 5.56 Å². The number of hydrogen-bond donors (Lipinski definition) is 2. The van der Waals surface area contributed by atoms with Crippen LogP contribution in [0.1, 0.15) is 23.2 Å². The zero-order valence-corrected chi connectivity index (χ0v) is 18.9. The van der Waals surface area contributed by atoms with E-state index in [1.54, 1.807) is 31.2 Å². The van der Waals surface area contributed by atoms with Gasteiger partial charge in [-0.25, -0.2) is 4.98 Å². The highest BCUT2D eigenvalue weighted by Crippen LogP contribution is 2.23. The third kappa shape index (κ3) is 5.98. The first kappa shape index (κ1) is 22.5. The van der Waals surface area contributed by atoms with Gasteiger partial charge in [-0.15, -0.1) is 0 Å². The lowest BCUT2D eigenvalue weighted by Crippen LogP contribution is -2.38. The predicted molar refractivity (Wildman–Crippen MR) is 127 cm³/mol. The number of carbonyl (C=O) groups is 1. The van der Waals surface area contributed by atoms with Crippen molar-refractivity contribution in [3.63, 3.8) is 0 Å². The number of H-pyrrole nitrogens is 1. The first-order valence-electron chi connectivity index (χ1n) is 11.0. The van der Waals surface area contributed by atoms with Gasteiger partial charge in [0.15, 0.2) is 0 Å². The van der Waals surface area contributed by atoms with Crippen molar-refractivity contribution in [2.45, 2.75) is 26.7 Å². The topological polar surface area (TPSA) is 96.5 Å². The van der Waals surface area contributed by atoms with Crippen molar-refractivity contribution in [2.24, 2.45) is 0 Å². The number of aromatic amines is 1. The Kier molecular flexibility index (Phi) is 7.04. The molecular weight excluding hydrogens is 420 g/mol. The number of benzene rings is 2. The first-order chi connectivity index (χ1) is 16.0. The monoisotopic (exact) mass is 448 g/mol. The summed E-state index contributed by atoms with van der Waals surface area (Å²) < 4.78 is 11.2. The van der Waals surface area contributed by atoms with E-state index in [9.17, 15) is 9.59 Å². The fourth-order valence-corrected chi connectivity index (χ4v) is 3.63. The Bertz CT molecular complexity index is 1150. The van der Waals surface area contributed by atoms with Crippen LogP contribution in [0, 0.1) is 13.8 Å². The van der Waals surface area contributed by atoms with E-state index in [2.05, 4.69) is 15.3 Å². The molecule has 1 aliphatic heterocycles. The summed E-state index contributed by atoms with van der Waals surface area (Å²) in [6.45, 7) is 6.44. The van der Waals surface area contributed by atoms with Crippen LogP contribution in [0.4, 0.5) is 11.6 Å². The van der Waals surface area contributed by atoms with Crippen LogP contribution in [0.3, 0.4) is 0 Å². The molecule has 1 fully saturated rings. The Morgan fingerprint density at radius 2 is 1.70 bits per heavy atom. The van der Waals surface area contributed by atoms with Crippen molar-refractivity contribution in [1.82, 2.24) is 9.97 Å². The highest BCUT2D eigenvalue weighted by molar-refractivity contribution is 5.90. The summed E-state index contributed by atoms with van der Waals surface area (Å²) in [6.07, 6.45) is 0.502. The van der Waals surface area contributed by atoms with Crippen molar-refractivity contribution < 1.29 is 14.3 Å². The van der Waals surface area contributed by atoms with Crippen molar-refractivity contribution in [1.29, 1.82) is 0 Å². The SMILES string of the molecule is Cc1ccc(Oc2ccc(NC(=O)CCc3c(C)nc(N4CCOCC4)[nH]c3=O)cc2)cc1. The number of aromatic nitrogens is 2. The molecule has 2 N–H and O–H groups in total. The van der Waals surface area contributed by atoms with Crippen molar-refractivity contribution in [2.75, 3.05) is 36.5 Å². The second-order valence-corrected chi connectivity index (χ2v) is 8.04. The smallest absolute Gasteiger partial charge is 0.255 e. The maximum atomic E-state index is 12.6. The summed E-state index contributed by atoms with van der Waals surface area (Å²) in [5.41, 5.74) is 2.81. The first-order valence-corrected chi connectivity index (χ1v) is 11.0. The molecule has 0 saturated carbocycles. The number of aryl methyl sites for hydroxylation is 2. The highest BCUT2D eigenvalue weighted by Gasteiger charge is 2.17. The van der Waals surface area contributed by atoms with E-state index in [0.29, 0.717) is 61.4 Å². The molecule has 0 bridgehead atoms. The molecule has 8 nitrogen and oxygen atoms in total. The maximum absolute atomic E-state index is 12.6. The second kappa shape index (κ2) is 10.3. The quantitative estimate of drug-likeness (QED) is 0.574. The molecule has 0 spiro atoms. The molecule has 8 heteroatoms. The number of morpholine rings is 1. The molecule has 1 aliphatic rings. The number of nitrogens with one attached hydrogen (secondary N) is 2. The molecule has 0 unspecified atom stereocenters. The van der Waals surface area contributed by atoms with Crippen molar-refractivity contribution >= 4 is 17.5 Å². The fraction of sp³-hybridized carbons (Fsp3) is 0.320. The van der Waals surface area contributed by atoms with Crippen molar-refractivity contribution in [3.05, 3.63) is 75.7 Å². The number of hydrogen-bond acceptors (Lipinski definition) is 6. The number of carbonyl (C=O) groups excluding carboxylic acids is 1.